The molecule has 33 heavy (non-hydrogen) atoms. The summed E-state index contributed by atoms with van der Waals surface area (Å²) in [5, 5.41) is 4.27. The highest BCUT2D eigenvalue weighted by molar-refractivity contribution is 9.10. The lowest BCUT2D eigenvalue weighted by Gasteiger charge is -2.30. The molecule has 174 valence electrons. The van der Waals surface area contributed by atoms with Crippen LogP contribution in [0.25, 0.3) is 10.8 Å². The van der Waals surface area contributed by atoms with Gasteiger partial charge in [0.25, 0.3) is 0 Å². The van der Waals surface area contributed by atoms with Gasteiger partial charge in [0, 0.05) is 25.1 Å². The van der Waals surface area contributed by atoms with Gasteiger partial charge in [-0.3, -0.25) is 9.59 Å². The summed E-state index contributed by atoms with van der Waals surface area (Å²) in [7, 11) is -1.05. The average Bonchev–Trinajstić information content (AvgIpc) is 2.82. The molecule has 0 spiro atoms. The van der Waals surface area contributed by atoms with Crippen LogP contribution < -0.4 is 5.32 Å². The van der Waals surface area contributed by atoms with Crippen LogP contribution in [0.2, 0.25) is 0 Å². The summed E-state index contributed by atoms with van der Waals surface area (Å²) in [6.07, 6.45) is 0. The van der Waals surface area contributed by atoms with Crippen LogP contribution in [0.1, 0.15) is 12.5 Å². The third-order valence-electron chi connectivity index (χ3n) is 5.47. The van der Waals surface area contributed by atoms with Gasteiger partial charge >= 0.3 is 0 Å². The number of amides is 2. The van der Waals surface area contributed by atoms with E-state index in [-0.39, 0.29) is 17.3 Å². The van der Waals surface area contributed by atoms with Gasteiger partial charge in [0.2, 0.25) is 21.8 Å². The van der Waals surface area contributed by atoms with E-state index in [2.05, 4.69) is 21.2 Å². The molecule has 0 aromatic heterocycles. The number of hydrogen-bond acceptors (Lipinski definition) is 4. The van der Waals surface area contributed by atoms with Crippen molar-refractivity contribution >= 4 is 48.5 Å². The van der Waals surface area contributed by atoms with Crippen molar-refractivity contribution in [2.24, 2.45) is 0 Å². The van der Waals surface area contributed by atoms with E-state index < -0.39 is 28.5 Å². The van der Waals surface area contributed by atoms with E-state index in [1.807, 2.05) is 48.5 Å². The van der Waals surface area contributed by atoms with Gasteiger partial charge in [-0.25, -0.2) is 8.42 Å². The van der Waals surface area contributed by atoms with E-state index in [0.29, 0.717) is 0 Å². The Morgan fingerprint density at radius 3 is 2.27 bits per heavy atom. The maximum atomic E-state index is 13.2. The summed E-state index contributed by atoms with van der Waals surface area (Å²) in [5.74, 6) is -0.804. The Hall–Kier alpha value is -2.75. The summed E-state index contributed by atoms with van der Waals surface area (Å²) >= 11 is 3.38. The van der Waals surface area contributed by atoms with E-state index in [1.54, 1.807) is 19.1 Å². The Bertz CT molecular complexity index is 1260. The largest absolute Gasteiger partial charge is 0.357 e. The van der Waals surface area contributed by atoms with Gasteiger partial charge in [0.05, 0.1) is 11.4 Å². The van der Waals surface area contributed by atoms with E-state index in [9.17, 15) is 18.0 Å². The van der Waals surface area contributed by atoms with Crippen molar-refractivity contribution in [1.29, 1.82) is 0 Å². The molecular weight excluding hydrogens is 506 g/mol. The molecule has 0 saturated carbocycles. The minimum atomic E-state index is -3.91. The standard InChI is InChI=1S/C24H26BrN3O4S/c1-17(24(30)26-2)28(15-18-8-11-21(25)12-9-18)23(29)16-27(3)33(31,32)22-13-10-19-6-4-5-7-20(19)14-22/h4-14,17H,15-16H2,1-3H3,(H,26,30). The fourth-order valence-electron chi connectivity index (χ4n) is 3.45. The fourth-order valence-corrected chi connectivity index (χ4v) is 4.87. The summed E-state index contributed by atoms with van der Waals surface area (Å²) in [5.41, 5.74) is 0.822. The number of carbonyl (C=O) groups is 2. The number of likely N-dealkylation sites (N-methyl/N-ethyl adjacent to an activating group) is 2. The second-order valence-electron chi connectivity index (χ2n) is 7.71. The number of hydrogen-bond donors (Lipinski definition) is 1. The Morgan fingerprint density at radius 2 is 1.64 bits per heavy atom. The Kier molecular flexibility index (Phi) is 7.88. The lowest BCUT2D eigenvalue weighted by atomic mass is 10.1. The van der Waals surface area contributed by atoms with Crippen molar-refractivity contribution in [2.45, 2.75) is 24.4 Å². The molecule has 0 fully saturated rings. The van der Waals surface area contributed by atoms with Crippen LogP contribution in [0.15, 0.2) is 76.1 Å². The quantitative estimate of drug-likeness (QED) is 0.482. The summed E-state index contributed by atoms with van der Waals surface area (Å²) in [4.78, 5) is 27.0. The zero-order valence-corrected chi connectivity index (χ0v) is 21.1. The predicted octanol–water partition coefficient (Wildman–Crippen LogP) is 3.39. The first kappa shape index (κ1) is 24.9. The molecule has 1 N–H and O–H groups in total. The highest BCUT2D eigenvalue weighted by atomic mass is 79.9. The van der Waals surface area contributed by atoms with E-state index >= 15 is 0 Å². The Balaban J connectivity index is 1.84. The summed E-state index contributed by atoms with van der Waals surface area (Å²) < 4.78 is 28.2. The number of fused-ring (bicyclic) bond motifs is 1. The Labute approximate surface area is 202 Å². The SMILES string of the molecule is CNC(=O)C(C)N(Cc1ccc(Br)cc1)C(=O)CN(C)S(=O)(=O)c1ccc2ccccc2c1. The Morgan fingerprint density at radius 1 is 1.00 bits per heavy atom. The van der Waals surface area contributed by atoms with Crippen LogP contribution in [0.3, 0.4) is 0 Å². The number of rotatable bonds is 8. The second kappa shape index (κ2) is 10.5. The first-order valence-electron chi connectivity index (χ1n) is 10.3. The highest BCUT2D eigenvalue weighted by Crippen LogP contribution is 2.22. The molecular formula is C24H26BrN3O4S. The van der Waals surface area contributed by atoms with Crippen LogP contribution in [-0.4, -0.2) is 56.1 Å². The van der Waals surface area contributed by atoms with E-state index in [0.717, 1.165) is 25.1 Å². The van der Waals surface area contributed by atoms with Crippen LogP contribution in [0, 0.1) is 0 Å². The maximum absolute atomic E-state index is 13.2. The molecule has 0 bridgehead atoms. The molecule has 0 radical (unpaired) electrons. The van der Waals surface area contributed by atoms with Gasteiger partial charge in [0.1, 0.15) is 6.04 Å². The van der Waals surface area contributed by atoms with E-state index in [1.165, 1.54) is 25.1 Å². The van der Waals surface area contributed by atoms with Gasteiger partial charge in [-0.1, -0.05) is 58.4 Å². The first-order valence-corrected chi connectivity index (χ1v) is 12.6. The van der Waals surface area contributed by atoms with Crippen molar-refractivity contribution < 1.29 is 18.0 Å². The zero-order chi connectivity index (χ0) is 24.2. The fraction of sp³-hybridized carbons (Fsp3) is 0.250. The van der Waals surface area contributed by atoms with Gasteiger partial charge in [-0.15, -0.1) is 0 Å². The second-order valence-corrected chi connectivity index (χ2v) is 10.7. The molecule has 2 amide bonds. The third kappa shape index (κ3) is 5.79. The molecule has 3 aromatic rings. The molecule has 1 atom stereocenters. The minimum absolute atomic E-state index is 0.107. The smallest absolute Gasteiger partial charge is 0.243 e. The molecule has 0 aliphatic carbocycles. The zero-order valence-electron chi connectivity index (χ0n) is 18.7. The summed E-state index contributed by atoms with van der Waals surface area (Å²) in [6, 6.07) is 18.9. The number of halogens is 1. The van der Waals surface area contributed by atoms with Crippen LogP contribution >= 0.6 is 15.9 Å². The van der Waals surface area contributed by atoms with Crippen molar-refractivity contribution in [3.63, 3.8) is 0 Å². The van der Waals surface area contributed by atoms with Gasteiger partial charge < -0.3 is 10.2 Å². The molecule has 1 unspecified atom stereocenters. The number of nitrogens with one attached hydrogen (secondary N) is 1. The van der Waals surface area contributed by atoms with Crippen molar-refractivity contribution in [3.8, 4) is 0 Å². The minimum Gasteiger partial charge on any atom is -0.357 e. The molecule has 0 heterocycles. The molecule has 3 rings (SSSR count). The first-order chi connectivity index (χ1) is 15.6. The molecule has 0 saturated heterocycles. The van der Waals surface area contributed by atoms with Crippen molar-refractivity contribution in [3.05, 3.63) is 76.8 Å². The van der Waals surface area contributed by atoms with Gasteiger partial charge in [-0.2, -0.15) is 4.31 Å². The third-order valence-corrected chi connectivity index (χ3v) is 7.79. The number of benzene rings is 3. The number of carbonyl (C=O) groups excluding carboxylic acids is 2. The molecule has 0 aliphatic heterocycles. The van der Waals surface area contributed by atoms with Gasteiger partial charge in [0.15, 0.2) is 0 Å². The van der Waals surface area contributed by atoms with Gasteiger partial charge in [-0.05, 0) is 47.5 Å². The maximum Gasteiger partial charge on any atom is 0.243 e. The number of sulfonamides is 1. The normalized spacial score (nSPS) is 12.5. The highest BCUT2D eigenvalue weighted by Gasteiger charge is 2.30. The molecule has 7 nitrogen and oxygen atoms in total. The molecule has 3 aromatic carbocycles. The monoisotopic (exact) mass is 531 g/mol. The van der Waals surface area contributed by atoms with Crippen molar-refractivity contribution in [2.75, 3.05) is 20.6 Å². The topological polar surface area (TPSA) is 86.8 Å². The van der Waals surface area contributed by atoms with Crippen LogP contribution in [0.5, 0.6) is 0 Å². The van der Waals surface area contributed by atoms with Crippen molar-refractivity contribution in [1.82, 2.24) is 14.5 Å². The predicted molar refractivity (Wildman–Crippen MR) is 132 cm³/mol. The molecule has 0 aliphatic rings. The summed E-state index contributed by atoms with van der Waals surface area (Å²) in [6.45, 7) is 1.39. The number of nitrogens with zero attached hydrogens (tertiary/aromatic N) is 2. The van der Waals surface area contributed by atoms with Crippen LogP contribution in [0.4, 0.5) is 0 Å². The molecule has 9 heteroatoms. The van der Waals surface area contributed by atoms with E-state index in [4.69, 9.17) is 0 Å². The van der Waals surface area contributed by atoms with Crippen LogP contribution in [-0.2, 0) is 26.2 Å². The lowest BCUT2D eigenvalue weighted by Crippen LogP contribution is -2.50. The average molecular weight is 532 g/mol. The lowest BCUT2D eigenvalue weighted by molar-refractivity contribution is -0.140.